The van der Waals surface area contributed by atoms with Crippen LogP contribution < -0.4 is 0 Å². The summed E-state index contributed by atoms with van der Waals surface area (Å²) < 4.78 is 0. The molecule has 0 aliphatic carbocycles. The average molecular weight is 272 g/mol. The van der Waals surface area contributed by atoms with Crippen LogP contribution in [0, 0.1) is 18.3 Å². The predicted molar refractivity (Wildman–Crippen MR) is 85.9 cm³/mol. The molecule has 0 saturated heterocycles. The molecule has 0 aliphatic heterocycles. The van der Waals surface area contributed by atoms with Crippen molar-refractivity contribution in [2.24, 2.45) is 0 Å². The Morgan fingerprint density at radius 1 is 1.05 bits per heavy atom. The maximum absolute atomic E-state index is 8.64. The van der Waals surface area contributed by atoms with Crippen molar-refractivity contribution in [1.29, 1.82) is 5.26 Å². The molecular formula is C19H16N2. The van der Waals surface area contributed by atoms with Gasteiger partial charge in [0.1, 0.15) is 0 Å². The Bertz CT molecular complexity index is 811. The Morgan fingerprint density at radius 3 is 2.62 bits per heavy atom. The molecule has 0 fully saturated rings. The van der Waals surface area contributed by atoms with Crippen LogP contribution in [-0.2, 0) is 6.42 Å². The third kappa shape index (κ3) is 2.78. The van der Waals surface area contributed by atoms with Crippen molar-refractivity contribution in [3.8, 4) is 17.2 Å². The molecule has 0 N–H and O–H groups in total. The highest BCUT2D eigenvalue weighted by Gasteiger charge is 2.03. The van der Waals surface area contributed by atoms with E-state index in [0.29, 0.717) is 6.42 Å². The largest absolute Gasteiger partial charge is 0.264 e. The zero-order valence-corrected chi connectivity index (χ0v) is 12.0. The Balaban J connectivity index is 1.98. The van der Waals surface area contributed by atoms with Crippen LogP contribution in [0.25, 0.3) is 21.9 Å². The Labute approximate surface area is 124 Å². The molecule has 0 saturated carbocycles. The lowest BCUT2D eigenvalue weighted by atomic mass is 9.97. The number of nitrogens with zero attached hydrogens (tertiary/aromatic N) is 2. The number of nitriles is 1. The molecule has 2 heteroatoms. The van der Waals surface area contributed by atoms with Crippen LogP contribution in [0.2, 0.25) is 0 Å². The van der Waals surface area contributed by atoms with Crippen LogP contribution in [0.15, 0.2) is 54.9 Å². The first-order valence-electron chi connectivity index (χ1n) is 7.08. The van der Waals surface area contributed by atoms with Gasteiger partial charge in [0.15, 0.2) is 0 Å². The molecule has 2 nitrogen and oxygen atoms in total. The molecule has 102 valence electrons. The number of pyridine rings is 1. The molecule has 0 spiro atoms. The predicted octanol–water partition coefficient (Wildman–Crippen LogP) is 4.67. The molecular weight excluding hydrogens is 256 g/mol. The molecule has 0 aliphatic rings. The first kappa shape index (κ1) is 13.3. The van der Waals surface area contributed by atoms with E-state index in [2.05, 4.69) is 54.4 Å². The van der Waals surface area contributed by atoms with E-state index in [1.807, 2.05) is 18.5 Å². The van der Waals surface area contributed by atoms with Crippen molar-refractivity contribution in [1.82, 2.24) is 4.98 Å². The first-order chi connectivity index (χ1) is 10.3. The summed E-state index contributed by atoms with van der Waals surface area (Å²) in [6.45, 7) is 2.12. The van der Waals surface area contributed by atoms with Crippen molar-refractivity contribution in [3.63, 3.8) is 0 Å². The fourth-order valence-electron chi connectivity index (χ4n) is 2.61. The van der Waals surface area contributed by atoms with Crippen LogP contribution in [0.1, 0.15) is 17.5 Å². The molecule has 1 aromatic heterocycles. The van der Waals surface area contributed by atoms with Gasteiger partial charge >= 0.3 is 0 Å². The van der Waals surface area contributed by atoms with Crippen LogP contribution in [0.3, 0.4) is 0 Å². The molecule has 0 amide bonds. The minimum atomic E-state index is 0.571. The van der Waals surface area contributed by atoms with Gasteiger partial charge in [-0.3, -0.25) is 4.98 Å². The van der Waals surface area contributed by atoms with Crippen molar-refractivity contribution in [3.05, 3.63) is 66.0 Å². The molecule has 0 radical (unpaired) electrons. The SMILES string of the molecule is Cc1cc(-c2ccc(CCC#N)cc2)cc2ccncc12. The van der Waals surface area contributed by atoms with Crippen molar-refractivity contribution < 1.29 is 0 Å². The topological polar surface area (TPSA) is 36.7 Å². The lowest BCUT2D eigenvalue weighted by molar-refractivity contribution is 1.01. The van der Waals surface area contributed by atoms with E-state index in [0.717, 1.165) is 6.42 Å². The second-order valence-electron chi connectivity index (χ2n) is 5.24. The number of benzene rings is 2. The number of hydrogen-bond acceptors (Lipinski definition) is 2. The highest BCUT2D eigenvalue weighted by Crippen LogP contribution is 2.27. The van der Waals surface area contributed by atoms with Crippen molar-refractivity contribution in [2.45, 2.75) is 19.8 Å². The van der Waals surface area contributed by atoms with E-state index in [1.165, 1.54) is 33.0 Å². The normalized spacial score (nSPS) is 10.5. The summed E-state index contributed by atoms with van der Waals surface area (Å²) in [5, 5.41) is 11.1. The highest BCUT2D eigenvalue weighted by molar-refractivity contribution is 5.89. The first-order valence-corrected chi connectivity index (χ1v) is 7.08. The van der Waals surface area contributed by atoms with E-state index in [4.69, 9.17) is 5.26 Å². The Hall–Kier alpha value is -2.66. The van der Waals surface area contributed by atoms with Crippen LogP contribution >= 0.6 is 0 Å². The smallest absolute Gasteiger partial charge is 0.0625 e. The van der Waals surface area contributed by atoms with Gasteiger partial charge in [0.05, 0.1) is 6.07 Å². The maximum Gasteiger partial charge on any atom is 0.0625 e. The van der Waals surface area contributed by atoms with Gasteiger partial charge in [0.2, 0.25) is 0 Å². The summed E-state index contributed by atoms with van der Waals surface area (Å²) in [5.74, 6) is 0. The van der Waals surface area contributed by atoms with Crippen molar-refractivity contribution in [2.75, 3.05) is 0 Å². The van der Waals surface area contributed by atoms with Crippen LogP contribution in [-0.4, -0.2) is 4.98 Å². The van der Waals surface area contributed by atoms with Gasteiger partial charge in [-0.25, -0.2) is 0 Å². The fourth-order valence-corrected chi connectivity index (χ4v) is 2.61. The quantitative estimate of drug-likeness (QED) is 0.695. The minimum absolute atomic E-state index is 0.571. The zero-order chi connectivity index (χ0) is 14.7. The lowest BCUT2D eigenvalue weighted by Crippen LogP contribution is -1.86. The number of hydrogen-bond donors (Lipinski definition) is 0. The van der Waals surface area contributed by atoms with Gasteiger partial charge < -0.3 is 0 Å². The van der Waals surface area contributed by atoms with Gasteiger partial charge in [-0.1, -0.05) is 30.3 Å². The zero-order valence-electron chi connectivity index (χ0n) is 12.0. The number of rotatable bonds is 3. The summed E-state index contributed by atoms with van der Waals surface area (Å²) in [6, 6.07) is 17.1. The molecule has 0 atom stereocenters. The summed E-state index contributed by atoms with van der Waals surface area (Å²) in [6.07, 6.45) is 5.14. The second-order valence-corrected chi connectivity index (χ2v) is 5.24. The van der Waals surface area contributed by atoms with Gasteiger partial charge in [-0.05, 0) is 53.1 Å². The number of aryl methyl sites for hydroxylation is 2. The monoisotopic (exact) mass is 272 g/mol. The van der Waals surface area contributed by atoms with E-state index in [9.17, 15) is 0 Å². The van der Waals surface area contributed by atoms with Crippen LogP contribution in [0.4, 0.5) is 0 Å². The average Bonchev–Trinajstić information content (AvgIpc) is 2.53. The van der Waals surface area contributed by atoms with Crippen molar-refractivity contribution >= 4 is 10.8 Å². The molecule has 3 rings (SSSR count). The molecule has 1 heterocycles. The molecule has 2 aromatic carbocycles. The van der Waals surface area contributed by atoms with E-state index in [1.54, 1.807) is 0 Å². The molecule has 21 heavy (non-hydrogen) atoms. The van der Waals surface area contributed by atoms with Gasteiger partial charge in [-0.2, -0.15) is 5.26 Å². The summed E-state index contributed by atoms with van der Waals surface area (Å²) in [5.41, 5.74) is 4.88. The van der Waals surface area contributed by atoms with Gasteiger partial charge in [0, 0.05) is 24.2 Å². The lowest BCUT2D eigenvalue weighted by Gasteiger charge is -2.08. The summed E-state index contributed by atoms with van der Waals surface area (Å²) in [7, 11) is 0. The summed E-state index contributed by atoms with van der Waals surface area (Å²) in [4.78, 5) is 4.19. The summed E-state index contributed by atoms with van der Waals surface area (Å²) >= 11 is 0. The molecule has 3 aromatic rings. The van der Waals surface area contributed by atoms with E-state index < -0.39 is 0 Å². The number of aromatic nitrogens is 1. The molecule has 0 bridgehead atoms. The standard InChI is InChI=1S/C19H16N2/c1-14-11-18(12-17-8-10-21-13-19(14)17)16-6-4-15(5-7-16)3-2-9-20/h4-8,10-13H,2-3H2,1H3. The second kappa shape index (κ2) is 5.76. The molecule has 0 unspecified atom stereocenters. The maximum atomic E-state index is 8.64. The third-order valence-corrected chi connectivity index (χ3v) is 3.78. The minimum Gasteiger partial charge on any atom is -0.264 e. The fraction of sp³-hybridized carbons (Fsp3) is 0.158. The van der Waals surface area contributed by atoms with Gasteiger partial charge in [-0.15, -0.1) is 0 Å². The number of fused-ring (bicyclic) bond motifs is 1. The third-order valence-electron chi connectivity index (χ3n) is 3.78. The van der Waals surface area contributed by atoms with Crippen LogP contribution in [0.5, 0.6) is 0 Å². The van der Waals surface area contributed by atoms with E-state index in [-0.39, 0.29) is 0 Å². The van der Waals surface area contributed by atoms with Gasteiger partial charge in [0.25, 0.3) is 0 Å². The van der Waals surface area contributed by atoms with E-state index >= 15 is 0 Å². The Morgan fingerprint density at radius 2 is 1.86 bits per heavy atom. The highest BCUT2D eigenvalue weighted by atomic mass is 14.6. The Kier molecular flexibility index (Phi) is 3.66.